The summed E-state index contributed by atoms with van der Waals surface area (Å²) in [5.41, 5.74) is 0.604. The van der Waals surface area contributed by atoms with Gasteiger partial charge >= 0.3 is 0 Å². The van der Waals surface area contributed by atoms with Crippen LogP contribution in [0.1, 0.15) is 33.3 Å². The summed E-state index contributed by atoms with van der Waals surface area (Å²) in [7, 11) is 0. The first kappa shape index (κ1) is 18.2. The third-order valence-electron chi connectivity index (χ3n) is 4.34. The average molecular weight is 329 g/mol. The number of piperazine rings is 1. The van der Waals surface area contributed by atoms with Crippen LogP contribution in [0.4, 0.5) is 5.82 Å². The van der Waals surface area contributed by atoms with E-state index in [9.17, 15) is 10.1 Å². The number of aromatic nitrogens is 1. The molecular weight excluding hydrogens is 302 g/mol. The first-order chi connectivity index (χ1) is 11.4. The third-order valence-corrected chi connectivity index (χ3v) is 4.34. The lowest BCUT2D eigenvalue weighted by molar-refractivity contribution is -0.136. The molecule has 1 aliphatic heterocycles. The molecule has 0 spiro atoms. The summed E-state index contributed by atoms with van der Waals surface area (Å²) in [5, 5.41) is 9.21. The lowest BCUT2D eigenvalue weighted by Gasteiger charge is -2.37. The summed E-state index contributed by atoms with van der Waals surface area (Å²) in [6, 6.07) is 6.20. The maximum Gasteiger partial charge on any atom is 0.237 e. The molecule has 0 atom stereocenters. The molecule has 6 nitrogen and oxygen atoms in total. The maximum atomic E-state index is 12.6. The van der Waals surface area contributed by atoms with Crippen molar-refractivity contribution in [3.63, 3.8) is 0 Å². The Kier molecular flexibility index (Phi) is 6.16. The molecule has 0 aliphatic carbocycles. The standard InChI is InChI=1S/C18H27N5O/c1-14(2)23(15(3)4)17(24)13-21-8-10-22(11-9-21)18-16(12-19)6-5-7-20-18/h5-7,14-15H,8-11,13H2,1-4H3. The highest BCUT2D eigenvalue weighted by Gasteiger charge is 2.25. The first-order valence-corrected chi connectivity index (χ1v) is 8.57. The average Bonchev–Trinajstić information content (AvgIpc) is 2.54. The molecule has 6 heteroatoms. The van der Waals surface area contributed by atoms with Crippen LogP contribution in [0.3, 0.4) is 0 Å². The first-order valence-electron chi connectivity index (χ1n) is 8.57. The zero-order chi connectivity index (χ0) is 17.7. The van der Waals surface area contributed by atoms with Gasteiger partial charge in [-0.05, 0) is 39.8 Å². The van der Waals surface area contributed by atoms with E-state index in [-0.39, 0.29) is 18.0 Å². The smallest absolute Gasteiger partial charge is 0.237 e. The molecule has 0 unspecified atom stereocenters. The third kappa shape index (κ3) is 4.24. The molecule has 0 saturated carbocycles. The van der Waals surface area contributed by atoms with E-state index in [0.29, 0.717) is 12.1 Å². The molecule has 0 aromatic carbocycles. The number of pyridine rings is 1. The summed E-state index contributed by atoms with van der Waals surface area (Å²) in [6.07, 6.45) is 1.72. The lowest BCUT2D eigenvalue weighted by Crippen LogP contribution is -2.52. The summed E-state index contributed by atoms with van der Waals surface area (Å²) >= 11 is 0. The van der Waals surface area contributed by atoms with Crippen LogP contribution in [0.5, 0.6) is 0 Å². The Morgan fingerprint density at radius 1 is 1.25 bits per heavy atom. The second-order valence-corrected chi connectivity index (χ2v) is 6.74. The number of carbonyl (C=O) groups excluding carboxylic acids is 1. The van der Waals surface area contributed by atoms with Crippen LogP contribution in [-0.4, -0.2) is 65.5 Å². The van der Waals surface area contributed by atoms with Crippen LogP contribution < -0.4 is 4.90 Å². The molecule has 0 radical (unpaired) electrons. The highest BCUT2D eigenvalue weighted by atomic mass is 16.2. The van der Waals surface area contributed by atoms with Crippen molar-refractivity contribution in [3.05, 3.63) is 23.9 Å². The van der Waals surface area contributed by atoms with Gasteiger partial charge in [-0.1, -0.05) is 0 Å². The fourth-order valence-electron chi connectivity index (χ4n) is 3.30. The van der Waals surface area contributed by atoms with E-state index >= 15 is 0 Å². The van der Waals surface area contributed by atoms with Crippen LogP contribution in [0, 0.1) is 11.3 Å². The van der Waals surface area contributed by atoms with Crippen molar-refractivity contribution in [1.82, 2.24) is 14.8 Å². The van der Waals surface area contributed by atoms with E-state index < -0.39 is 0 Å². The number of anilines is 1. The second-order valence-electron chi connectivity index (χ2n) is 6.74. The van der Waals surface area contributed by atoms with Gasteiger partial charge in [0.1, 0.15) is 11.9 Å². The highest BCUT2D eigenvalue weighted by Crippen LogP contribution is 2.18. The van der Waals surface area contributed by atoms with Gasteiger partial charge in [-0.15, -0.1) is 0 Å². The van der Waals surface area contributed by atoms with Crippen LogP contribution in [0.15, 0.2) is 18.3 Å². The molecule has 1 aliphatic rings. The zero-order valence-electron chi connectivity index (χ0n) is 15.1. The van der Waals surface area contributed by atoms with Crippen LogP contribution in [0.2, 0.25) is 0 Å². The highest BCUT2D eigenvalue weighted by molar-refractivity contribution is 5.78. The fourth-order valence-corrected chi connectivity index (χ4v) is 3.30. The van der Waals surface area contributed by atoms with Crippen molar-refractivity contribution in [3.8, 4) is 6.07 Å². The van der Waals surface area contributed by atoms with Crippen molar-refractivity contribution in [2.75, 3.05) is 37.6 Å². The molecule has 1 saturated heterocycles. The van der Waals surface area contributed by atoms with Gasteiger partial charge in [0, 0.05) is 44.5 Å². The van der Waals surface area contributed by atoms with Gasteiger partial charge in [0.15, 0.2) is 0 Å². The summed E-state index contributed by atoms with van der Waals surface area (Å²) in [5.74, 6) is 0.931. The second kappa shape index (κ2) is 8.11. The van der Waals surface area contributed by atoms with Gasteiger partial charge in [0.25, 0.3) is 0 Å². The molecule has 24 heavy (non-hydrogen) atoms. The van der Waals surface area contributed by atoms with Crippen molar-refractivity contribution in [2.24, 2.45) is 0 Å². The predicted molar refractivity (Wildman–Crippen MR) is 94.7 cm³/mol. The van der Waals surface area contributed by atoms with Gasteiger partial charge in [0.2, 0.25) is 5.91 Å². The van der Waals surface area contributed by atoms with Crippen molar-refractivity contribution < 1.29 is 4.79 Å². The molecule has 1 fully saturated rings. The Morgan fingerprint density at radius 3 is 2.42 bits per heavy atom. The number of hydrogen-bond acceptors (Lipinski definition) is 5. The van der Waals surface area contributed by atoms with Crippen molar-refractivity contribution >= 4 is 11.7 Å². The number of rotatable bonds is 5. The predicted octanol–water partition coefficient (Wildman–Crippen LogP) is 1.72. The Balaban J connectivity index is 1.93. The SMILES string of the molecule is CC(C)N(C(=O)CN1CCN(c2ncccc2C#N)CC1)C(C)C. The molecule has 1 amide bonds. The van der Waals surface area contributed by atoms with E-state index in [4.69, 9.17) is 0 Å². The monoisotopic (exact) mass is 329 g/mol. The zero-order valence-corrected chi connectivity index (χ0v) is 15.1. The number of nitriles is 1. The molecule has 1 aromatic heterocycles. The van der Waals surface area contributed by atoms with E-state index in [1.165, 1.54) is 0 Å². The minimum Gasteiger partial charge on any atom is -0.353 e. The number of carbonyl (C=O) groups is 1. The number of nitrogens with zero attached hydrogens (tertiary/aromatic N) is 5. The molecule has 2 heterocycles. The topological polar surface area (TPSA) is 63.5 Å². The van der Waals surface area contributed by atoms with Gasteiger partial charge < -0.3 is 9.80 Å². The summed E-state index contributed by atoms with van der Waals surface area (Å²) in [4.78, 5) is 23.2. The Hall–Kier alpha value is -2.13. The van der Waals surface area contributed by atoms with Gasteiger partial charge in [0.05, 0.1) is 12.1 Å². The molecular formula is C18H27N5O. The summed E-state index contributed by atoms with van der Waals surface area (Å²) < 4.78 is 0. The van der Waals surface area contributed by atoms with Gasteiger partial charge in [-0.3, -0.25) is 9.69 Å². The lowest BCUT2D eigenvalue weighted by atomic mass is 10.2. The molecule has 0 N–H and O–H groups in total. The quantitative estimate of drug-likeness (QED) is 0.823. The maximum absolute atomic E-state index is 12.6. The molecule has 0 bridgehead atoms. The Bertz CT molecular complexity index is 592. The van der Waals surface area contributed by atoms with E-state index in [0.717, 1.165) is 32.0 Å². The Labute approximate surface area is 144 Å². The van der Waals surface area contributed by atoms with Gasteiger partial charge in [-0.25, -0.2) is 4.98 Å². The van der Waals surface area contributed by atoms with E-state index in [1.807, 2.05) is 4.90 Å². The number of amides is 1. The number of hydrogen-bond donors (Lipinski definition) is 0. The normalized spacial score (nSPS) is 15.6. The summed E-state index contributed by atoms with van der Waals surface area (Å²) in [6.45, 7) is 11.8. The minimum absolute atomic E-state index is 0.184. The largest absolute Gasteiger partial charge is 0.353 e. The van der Waals surface area contributed by atoms with Crippen LogP contribution >= 0.6 is 0 Å². The van der Waals surface area contributed by atoms with Crippen LogP contribution in [0.25, 0.3) is 0 Å². The fraction of sp³-hybridized carbons (Fsp3) is 0.611. The Morgan fingerprint density at radius 2 is 1.88 bits per heavy atom. The van der Waals surface area contributed by atoms with E-state index in [2.05, 4.69) is 48.5 Å². The van der Waals surface area contributed by atoms with Crippen molar-refractivity contribution in [2.45, 2.75) is 39.8 Å². The molecule has 2 rings (SSSR count). The minimum atomic E-state index is 0.184. The molecule has 130 valence electrons. The van der Waals surface area contributed by atoms with Crippen LogP contribution in [-0.2, 0) is 4.79 Å². The van der Waals surface area contributed by atoms with E-state index in [1.54, 1.807) is 18.3 Å². The van der Waals surface area contributed by atoms with Crippen molar-refractivity contribution in [1.29, 1.82) is 5.26 Å². The van der Waals surface area contributed by atoms with Gasteiger partial charge in [-0.2, -0.15) is 5.26 Å². The molecule has 1 aromatic rings.